The van der Waals surface area contributed by atoms with Crippen LogP contribution in [-0.2, 0) is 16.0 Å². The van der Waals surface area contributed by atoms with Gasteiger partial charge in [-0.05, 0) is 37.1 Å². The van der Waals surface area contributed by atoms with Crippen LogP contribution in [0.2, 0.25) is 0 Å². The molecular weight excluding hydrogens is 332 g/mol. The summed E-state index contributed by atoms with van der Waals surface area (Å²) in [6.07, 6.45) is 0.846. The highest BCUT2D eigenvalue weighted by Gasteiger charge is 2.14. The maximum atomic E-state index is 12.2. The van der Waals surface area contributed by atoms with Crippen molar-refractivity contribution in [2.75, 3.05) is 24.7 Å². The predicted molar refractivity (Wildman–Crippen MR) is 104 cm³/mol. The van der Waals surface area contributed by atoms with E-state index in [1.807, 2.05) is 62.4 Å². The van der Waals surface area contributed by atoms with E-state index in [9.17, 15) is 9.59 Å². The standard InChI is InChI=1S/C20H24N2O2S/c1-4-16-7-5-6-8-18(16)21-19(23)13-22(3)20(24)14-25-17-11-9-15(2)10-12-17/h5-12H,4,13-14H2,1-3H3,(H,21,23). The van der Waals surface area contributed by atoms with E-state index in [-0.39, 0.29) is 18.4 Å². The van der Waals surface area contributed by atoms with Gasteiger partial charge in [-0.15, -0.1) is 11.8 Å². The molecule has 132 valence electrons. The Morgan fingerprint density at radius 2 is 1.76 bits per heavy atom. The second kappa shape index (κ2) is 9.28. The summed E-state index contributed by atoms with van der Waals surface area (Å²) in [5, 5.41) is 2.89. The fourth-order valence-electron chi connectivity index (χ4n) is 2.33. The third-order valence-electron chi connectivity index (χ3n) is 3.86. The second-order valence-electron chi connectivity index (χ2n) is 5.91. The number of carbonyl (C=O) groups is 2. The number of likely N-dealkylation sites (N-methyl/N-ethyl adjacent to an activating group) is 1. The lowest BCUT2D eigenvalue weighted by atomic mass is 10.1. The summed E-state index contributed by atoms with van der Waals surface area (Å²) in [4.78, 5) is 26.9. The summed E-state index contributed by atoms with van der Waals surface area (Å²) in [6.45, 7) is 4.12. The minimum Gasteiger partial charge on any atom is -0.336 e. The Morgan fingerprint density at radius 1 is 1.08 bits per heavy atom. The molecule has 1 N–H and O–H groups in total. The molecule has 0 saturated carbocycles. The molecule has 0 saturated heterocycles. The zero-order valence-corrected chi connectivity index (χ0v) is 15.7. The van der Waals surface area contributed by atoms with E-state index in [0.29, 0.717) is 5.75 Å². The summed E-state index contributed by atoms with van der Waals surface area (Å²) in [7, 11) is 1.66. The monoisotopic (exact) mass is 356 g/mol. The van der Waals surface area contributed by atoms with E-state index in [4.69, 9.17) is 0 Å². The van der Waals surface area contributed by atoms with E-state index in [0.717, 1.165) is 22.6 Å². The molecule has 0 unspecified atom stereocenters. The lowest BCUT2D eigenvalue weighted by molar-refractivity contribution is -0.131. The van der Waals surface area contributed by atoms with E-state index in [2.05, 4.69) is 5.32 Å². The van der Waals surface area contributed by atoms with Gasteiger partial charge in [0.15, 0.2) is 0 Å². The molecule has 0 bridgehead atoms. The first-order valence-corrected chi connectivity index (χ1v) is 9.29. The first-order chi connectivity index (χ1) is 12.0. The van der Waals surface area contributed by atoms with Crippen molar-refractivity contribution in [2.45, 2.75) is 25.2 Å². The highest BCUT2D eigenvalue weighted by atomic mass is 32.2. The van der Waals surface area contributed by atoms with Crippen molar-refractivity contribution in [2.24, 2.45) is 0 Å². The molecule has 2 rings (SSSR count). The Hall–Kier alpha value is -2.27. The van der Waals surface area contributed by atoms with E-state index >= 15 is 0 Å². The zero-order chi connectivity index (χ0) is 18.2. The van der Waals surface area contributed by atoms with Crippen molar-refractivity contribution >= 4 is 29.3 Å². The third kappa shape index (κ3) is 5.94. The van der Waals surface area contributed by atoms with Crippen molar-refractivity contribution in [3.05, 3.63) is 59.7 Å². The van der Waals surface area contributed by atoms with Crippen LogP contribution in [0, 0.1) is 6.92 Å². The van der Waals surface area contributed by atoms with Gasteiger partial charge >= 0.3 is 0 Å². The van der Waals surface area contributed by atoms with Gasteiger partial charge < -0.3 is 10.2 Å². The highest BCUT2D eigenvalue weighted by molar-refractivity contribution is 8.00. The minimum atomic E-state index is -0.183. The van der Waals surface area contributed by atoms with E-state index < -0.39 is 0 Å². The highest BCUT2D eigenvalue weighted by Crippen LogP contribution is 2.19. The molecule has 0 aromatic heterocycles. The predicted octanol–water partition coefficient (Wildman–Crippen LogP) is 3.75. The van der Waals surface area contributed by atoms with Crippen LogP contribution in [0.15, 0.2) is 53.4 Å². The normalized spacial score (nSPS) is 10.4. The van der Waals surface area contributed by atoms with Gasteiger partial charge in [-0.2, -0.15) is 0 Å². The fraction of sp³-hybridized carbons (Fsp3) is 0.300. The average molecular weight is 356 g/mol. The van der Waals surface area contributed by atoms with Gasteiger partial charge in [0.25, 0.3) is 0 Å². The quantitative estimate of drug-likeness (QED) is 0.769. The van der Waals surface area contributed by atoms with Crippen molar-refractivity contribution < 1.29 is 9.59 Å². The summed E-state index contributed by atoms with van der Waals surface area (Å²) in [5.41, 5.74) is 3.08. The number of nitrogens with one attached hydrogen (secondary N) is 1. The van der Waals surface area contributed by atoms with Gasteiger partial charge in [0.2, 0.25) is 11.8 Å². The van der Waals surface area contributed by atoms with Crippen LogP contribution in [0.1, 0.15) is 18.1 Å². The molecule has 0 heterocycles. The van der Waals surface area contributed by atoms with Crippen molar-refractivity contribution in [1.82, 2.24) is 4.90 Å². The van der Waals surface area contributed by atoms with E-state index in [1.54, 1.807) is 7.05 Å². The number of thioether (sulfide) groups is 1. The van der Waals surface area contributed by atoms with Crippen molar-refractivity contribution in [3.63, 3.8) is 0 Å². The number of para-hydroxylation sites is 1. The second-order valence-corrected chi connectivity index (χ2v) is 6.96. The number of hydrogen-bond donors (Lipinski definition) is 1. The summed E-state index contributed by atoms with van der Waals surface area (Å²) in [6, 6.07) is 15.8. The average Bonchev–Trinajstić information content (AvgIpc) is 2.61. The Bertz CT molecular complexity index is 729. The van der Waals surface area contributed by atoms with Crippen LogP contribution in [-0.4, -0.2) is 36.1 Å². The molecule has 5 heteroatoms. The molecule has 0 radical (unpaired) electrons. The molecular formula is C20H24N2O2S. The Balaban J connectivity index is 1.83. The van der Waals surface area contributed by atoms with Gasteiger partial charge in [-0.1, -0.05) is 42.8 Å². The molecule has 2 aromatic carbocycles. The molecule has 0 spiro atoms. The minimum absolute atomic E-state index is 0.0470. The van der Waals surface area contributed by atoms with Gasteiger partial charge in [-0.25, -0.2) is 0 Å². The Morgan fingerprint density at radius 3 is 2.44 bits per heavy atom. The summed E-state index contributed by atoms with van der Waals surface area (Å²) in [5.74, 6) is 0.0693. The summed E-state index contributed by atoms with van der Waals surface area (Å²) < 4.78 is 0. The van der Waals surface area contributed by atoms with Crippen LogP contribution in [0.3, 0.4) is 0 Å². The fourth-order valence-corrected chi connectivity index (χ4v) is 3.17. The molecule has 25 heavy (non-hydrogen) atoms. The molecule has 2 amide bonds. The maximum Gasteiger partial charge on any atom is 0.243 e. The number of rotatable bonds is 7. The SMILES string of the molecule is CCc1ccccc1NC(=O)CN(C)C(=O)CSc1ccc(C)cc1. The van der Waals surface area contributed by atoms with Crippen LogP contribution >= 0.6 is 11.8 Å². The largest absolute Gasteiger partial charge is 0.336 e. The number of nitrogens with zero attached hydrogens (tertiary/aromatic N) is 1. The first kappa shape index (κ1) is 19.1. The number of amides is 2. The Kier molecular flexibility index (Phi) is 7.07. The first-order valence-electron chi connectivity index (χ1n) is 8.30. The molecule has 0 aliphatic carbocycles. The van der Waals surface area contributed by atoms with Crippen molar-refractivity contribution in [3.8, 4) is 0 Å². The van der Waals surface area contributed by atoms with Crippen LogP contribution in [0.25, 0.3) is 0 Å². The number of hydrogen-bond acceptors (Lipinski definition) is 3. The molecule has 0 aliphatic heterocycles. The topological polar surface area (TPSA) is 49.4 Å². The maximum absolute atomic E-state index is 12.2. The van der Waals surface area contributed by atoms with Gasteiger partial charge in [0.05, 0.1) is 12.3 Å². The molecule has 2 aromatic rings. The van der Waals surface area contributed by atoms with Crippen LogP contribution in [0.4, 0.5) is 5.69 Å². The smallest absolute Gasteiger partial charge is 0.243 e. The zero-order valence-electron chi connectivity index (χ0n) is 14.9. The number of aryl methyl sites for hydroxylation is 2. The van der Waals surface area contributed by atoms with Crippen LogP contribution in [0.5, 0.6) is 0 Å². The molecule has 0 fully saturated rings. The molecule has 0 aliphatic rings. The van der Waals surface area contributed by atoms with Crippen molar-refractivity contribution in [1.29, 1.82) is 0 Å². The number of carbonyl (C=O) groups excluding carboxylic acids is 2. The number of benzene rings is 2. The Labute approximate surface area is 153 Å². The lowest BCUT2D eigenvalue weighted by Gasteiger charge is -2.17. The number of anilines is 1. The van der Waals surface area contributed by atoms with Crippen LogP contribution < -0.4 is 5.32 Å². The van der Waals surface area contributed by atoms with E-state index in [1.165, 1.54) is 22.2 Å². The lowest BCUT2D eigenvalue weighted by Crippen LogP contribution is -2.36. The molecule has 4 nitrogen and oxygen atoms in total. The van der Waals surface area contributed by atoms with Gasteiger partial charge in [0.1, 0.15) is 0 Å². The summed E-state index contributed by atoms with van der Waals surface area (Å²) >= 11 is 1.48. The van der Waals surface area contributed by atoms with Gasteiger partial charge in [-0.3, -0.25) is 9.59 Å². The molecule has 0 atom stereocenters. The van der Waals surface area contributed by atoms with Gasteiger partial charge in [0, 0.05) is 17.6 Å². The third-order valence-corrected chi connectivity index (χ3v) is 4.86.